The van der Waals surface area contributed by atoms with E-state index < -0.39 is 0 Å². The highest BCUT2D eigenvalue weighted by atomic mass is 79.9. The number of thiophene rings is 1. The van der Waals surface area contributed by atoms with Gasteiger partial charge in [0.15, 0.2) is 0 Å². The Bertz CT molecular complexity index is 388. The van der Waals surface area contributed by atoms with Crippen molar-refractivity contribution < 1.29 is 0 Å². The number of halogens is 1. The van der Waals surface area contributed by atoms with E-state index in [1.54, 1.807) is 0 Å². The predicted octanol–water partition coefficient (Wildman–Crippen LogP) is 2.93. The summed E-state index contributed by atoms with van der Waals surface area (Å²) in [6.45, 7) is 10.2. The van der Waals surface area contributed by atoms with Gasteiger partial charge in [-0.3, -0.25) is 4.90 Å². The third-order valence-electron chi connectivity index (χ3n) is 4.01. The maximum atomic E-state index is 6.39. The van der Waals surface area contributed by atoms with Crippen LogP contribution in [0, 0.1) is 0 Å². The van der Waals surface area contributed by atoms with Crippen LogP contribution in [0.15, 0.2) is 15.9 Å². The van der Waals surface area contributed by atoms with Gasteiger partial charge in [0.2, 0.25) is 0 Å². The van der Waals surface area contributed by atoms with Crippen LogP contribution in [0.1, 0.15) is 31.2 Å². The maximum Gasteiger partial charge on any atom is 0.0702 e. The lowest BCUT2D eigenvalue weighted by molar-refractivity contribution is 0.0880. The third kappa shape index (κ3) is 3.79. The van der Waals surface area contributed by atoms with Gasteiger partial charge in [-0.05, 0) is 41.0 Å². The van der Waals surface area contributed by atoms with Crippen LogP contribution in [0.2, 0.25) is 0 Å². The Morgan fingerprint density at radius 2 is 1.95 bits per heavy atom. The topological polar surface area (TPSA) is 32.5 Å². The summed E-state index contributed by atoms with van der Waals surface area (Å²) >= 11 is 5.39. The van der Waals surface area contributed by atoms with Crippen LogP contribution in [0.5, 0.6) is 0 Å². The van der Waals surface area contributed by atoms with Gasteiger partial charge in [0.25, 0.3) is 0 Å². The number of nitrogens with zero attached hydrogens (tertiary/aromatic N) is 2. The van der Waals surface area contributed by atoms with Crippen molar-refractivity contribution in [2.24, 2.45) is 5.73 Å². The monoisotopic (exact) mass is 345 g/mol. The van der Waals surface area contributed by atoms with Gasteiger partial charge >= 0.3 is 0 Å². The second kappa shape index (κ2) is 7.18. The third-order valence-corrected chi connectivity index (χ3v) is 5.70. The molecule has 2 atom stereocenters. The second-order valence-electron chi connectivity index (χ2n) is 5.13. The average Bonchev–Trinajstić information content (AvgIpc) is 2.86. The fourth-order valence-corrected chi connectivity index (χ4v) is 4.36. The predicted molar refractivity (Wildman–Crippen MR) is 86.7 cm³/mol. The van der Waals surface area contributed by atoms with Crippen LogP contribution in [0.4, 0.5) is 0 Å². The molecule has 1 fully saturated rings. The lowest BCUT2D eigenvalue weighted by atomic mass is 10.0. The molecule has 3 nitrogen and oxygen atoms in total. The van der Waals surface area contributed by atoms with Crippen LogP contribution in [-0.4, -0.2) is 48.6 Å². The Morgan fingerprint density at radius 3 is 2.42 bits per heavy atom. The van der Waals surface area contributed by atoms with Crippen LogP contribution in [0.25, 0.3) is 0 Å². The quantitative estimate of drug-likeness (QED) is 0.890. The Morgan fingerprint density at radius 1 is 1.26 bits per heavy atom. The number of hydrogen-bond donors (Lipinski definition) is 1. The lowest BCUT2D eigenvalue weighted by Crippen LogP contribution is -2.51. The van der Waals surface area contributed by atoms with Crippen molar-refractivity contribution in [3.05, 3.63) is 20.8 Å². The van der Waals surface area contributed by atoms with Gasteiger partial charge in [-0.15, -0.1) is 11.3 Å². The number of rotatable bonds is 5. The summed E-state index contributed by atoms with van der Waals surface area (Å²) in [6.07, 6.45) is 1.02. The van der Waals surface area contributed by atoms with E-state index >= 15 is 0 Å². The van der Waals surface area contributed by atoms with Crippen molar-refractivity contribution in [1.29, 1.82) is 0 Å². The molecule has 0 amide bonds. The highest BCUT2D eigenvalue weighted by molar-refractivity contribution is 9.11. The van der Waals surface area contributed by atoms with Gasteiger partial charge < -0.3 is 10.6 Å². The second-order valence-corrected chi connectivity index (χ2v) is 7.62. The van der Waals surface area contributed by atoms with Crippen molar-refractivity contribution in [1.82, 2.24) is 9.80 Å². The van der Waals surface area contributed by atoms with Crippen molar-refractivity contribution in [2.75, 3.05) is 32.7 Å². The zero-order valence-electron chi connectivity index (χ0n) is 11.8. The van der Waals surface area contributed by atoms with E-state index in [0.717, 1.165) is 39.1 Å². The van der Waals surface area contributed by atoms with E-state index in [-0.39, 0.29) is 6.04 Å². The molecular formula is C14H24BrN3S. The van der Waals surface area contributed by atoms with E-state index in [1.807, 2.05) is 11.3 Å². The van der Waals surface area contributed by atoms with Gasteiger partial charge in [-0.2, -0.15) is 0 Å². The highest BCUT2D eigenvalue weighted by Crippen LogP contribution is 2.33. The Labute approximate surface area is 128 Å². The molecule has 0 bridgehead atoms. The minimum absolute atomic E-state index is 0.221. The van der Waals surface area contributed by atoms with Crippen molar-refractivity contribution in [3.63, 3.8) is 0 Å². The summed E-state index contributed by atoms with van der Waals surface area (Å²) in [5.41, 5.74) is 6.39. The largest absolute Gasteiger partial charge is 0.326 e. The van der Waals surface area contributed by atoms with Gasteiger partial charge in [-0.25, -0.2) is 0 Å². The molecule has 2 heterocycles. The summed E-state index contributed by atoms with van der Waals surface area (Å²) < 4.78 is 1.20. The van der Waals surface area contributed by atoms with E-state index in [0.29, 0.717) is 6.04 Å². The Kier molecular flexibility index (Phi) is 5.84. The standard InChI is InChI=1S/C14H24BrN3S/c1-3-11(16)14(12-5-6-13(15)19-12)18-9-7-17(4-2)8-10-18/h5-6,11,14H,3-4,7-10,16H2,1-2H3. The maximum absolute atomic E-state index is 6.39. The van der Waals surface area contributed by atoms with E-state index in [2.05, 4.69) is 51.7 Å². The molecule has 19 heavy (non-hydrogen) atoms. The van der Waals surface area contributed by atoms with Crippen molar-refractivity contribution >= 4 is 27.3 Å². The SMILES string of the molecule is CCC(N)C(c1ccc(Br)s1)N1CCN(CC)CC1. The fraction of sp³-hybridized carbons (Fsp3) is 0.714. The molecule has 2 unspecified atom stereocenters. The number of likely N-dealkylation sites (N-methyl/N-ethyl adjacent to an activating group) is 1. The first kappa shape index (κ1) is 15.4. The van der Waals surface area contributed by atoms with Gasteiger partial charge in [-0.1, -0.05) is 13.8 Å². The first-order valence-electron chi connectivity index (χ1n) is 7.13. The molecule has 0 spiro atoms. The highest BCUT2D eigenvalue weighted by Gasteiger charge is 2.29. The zero-order valence-corrected chi connectivity index (χ0v) is 14.2. The molecule has 0 aliphatic carbocycles. The Hall–Kier alpha value is 0.0600. The van der Waals surface area contributed by atoms with Crippen LogP contribution in [-0.2, 0) is 0 Å². The molecule has 1 aromatic rings. The summed E-state index contributed by atoms with van der Waals surface area (Å²) in [4.78, 5) is 6.47. The Balaban J connectivity index is 2.10. The summed E-state index contributed by atoms with van der Waals surface area (Å²) in [5.74, 6) is 0. The van der Waals surface area contributed by atoms with E-state index in [4.69, 9.17) is 5.73 Å². The fourth-order valence-electron chi connectivity index (χ4n) is 2.73. The lowest BCUT2D eigenvalue weighted by Gasteiger charge is -2.40. The summed E-state index contributed by atoms with van der Waals surface area (Å²) in [7, 11) is 0. The first-order valence-corrected chi connectivity index (χ1v) is 8.73. The van der Waals surface area contributed by atoms with Crippen molar-refractivity contribution in [3.8, 4) is 0 Å². The minimum Gasteiger partial charge on any atom is -0.326 e. The number of piperazine rings is 1. The summed E-state index contributed by atoms with van der Waals surface area (Å²) in [6, 6.07) is 4.96. The smallest absolute Gasteiger partial charge is 0.0702 e. The molecule has 1 aliphatic heterocycles. The molecule has 1 saturated heterocycles. The molecule has 0 saturated carbocycles. The van der Waals surface area contributed by atoms with Crippen LogP contribution in [0.3, 0.4) is 0 Å². The van der Waals surface area contributed by atoms with Gasteiger partial charge in [0, 0.05) is 37.1 Å². The molecule has 1 aliphatic rings. The normalized spacial score (nSPS) is 21.5. The minimum atomic E-state index is 0.221. The van der Waals surface area contributed by atoms with Crippen LogP contribution >= 0.6 is 27.3 Å². The average molecular weight is 346 g/mol. The van der Waals surface area contributed by atoms with Crippen molar-refractivity contribution in [2.45, 2.75) is 32.4 Å². The zero-order chi connectivity index (χ0) is 13.8. The molecule has 108 valence electrons. The van der Waals surface area contributed by atoms with Gasteiger partial charge in [0.1, 0.15) is 0 Å². The molecule has 0 radical (unpaired) electrons. The molecule has 0 aromatic carbocycles. The molecule has 2 rings (SSSR count). The van der Waals surface area contributed by atoms with Crippen LogP contribution < -0.4 is 5.73 Å². The molecule has 1 aromatic heterocycles. The first-order chi connectivity index (χ1) is 9.15. The number of hydrogen-bond acceptors (Lipinski definition) is 4. The van der Waals surface area contributed by atoms with E-state index in [9.17, 15) is 0 Å². The number of nitrogens with two attached hydrogens (primary N) is 1. The van der Waals surface area contributed by atoms with E-state index in [1.165, 1.54) is 8.66 Å². The molecule has 5 heteroatoms. The summed E-state index contributed by atoms with van der Waals surface area (Å²) in [5, 5.41) is 0. The van der Waals surface area contributed by atoms with Gasteiger partial charge in [0.05, 0.1) is 9.83 Å². The molecular weight excluding hydrogens is 322 g/mol. The molecule has 2 N–H and O–H groups in total.